The molecule has 2 aromatic rings. The van der Waals surface area contributed by atoms with Crippen LogP contribution in [0.15, 0.2) is 24.3 Å². The standard InChI is InChI=1S/C12H6ClF4NO/c13-7-3-1-2-6(4-7)5-19-10-8(14)11(16)18-12(17)9(10)15/h1-4H,5H2. The molecule has 1 aromatic heterocycles. The number of pyridine rings is 1. The lowest BCUT2D eigenvalue weighted by atomic mass is 10.2. The Hall–Kier alpha value is -1.82. The predicted octanol–water partition coefficient (Wildman–Crippen LogP) is 3.87. The van der Waals surface area contributed by atoms with E-state index in [0.29, 0.717) is 10.6 Å². The van der Waals surface area contributed by atoms with Gasteiger partial charge in [-0.3, -0.25) is 0 Å². The first kappa shape index (κ1) is 13.6. The van der Waals surface area contributed by atoms with Crippen LogP contribution >= 0.6 is 11.6 Å². The first-order chi connectivity index (χ1) is 8.99. The maximum Gasteiger partial charge on any atom is 0.255 e. The molecule has 0 aliphatic rings. The van der Waals surface area contributed by atoms with Crippen LogP contribution in [0.25, 0.3) is 0 Å². The molecule has 0 atom stereocenters. The Balaban J connectivity index is 2.25. The van der Waals surface area contributed by atoms with Crippen LogP contribution in [0.5, 0.6) is 5.75 Å². The van der Waals surface area contributed by atoms with Crippen molar-refractivity contribution in [3.8, 4) is 5.75 Å². The second kappa shape index (κ2) is 5.44. The molecular weight excluding hydrogens is 286 g/mol. The van der Waals surface area contributed by atoms with E-state index in [2.05, 4.69) is 4.98 Å². The van der Waals surface area contributed by atoms with Gasteiger partial charge in [0.25, 0.3) is 11.9 Å². The van der Waals surface area contributed by atoms with Gasteiger partial charge in [0.05, 0.1) is 0 Å². The molecule has 1 heterocycles. The highest BCUT2D eigenvalue weighted by Gasteiger charge is 2.22. The van der Waals surface area contributed by atoms with Gasteiger partial charge in [0.15, 0.2) is 0 Å². The number of nitrogens with zero attached hydrogens (tertiary/aromatic N) is 1. The van der Waals surface area contributed by atoms with Crippen molar-refractivity contribution in [2.24, 2.45) is 0 Å². The fraction of sp³-hybridized carbons (Fsp3) is 0.0833. The van der Waals surface area contributed by atoms with Gasteiger partial charge in [-0.15, -0.1) is 0 Å². The van der Waals surface area contributed by atoms with Crippen LogP contribution in [-0.4, -0.2) is 4.98 Å². The van der Waals surface area contributed by atoms with Gasteiger partial charge in [0, 0.05) is 5.02 Å². The largest absolute Gasteiger partial charge is 0.483 e. The number of hydrogen-bond acceptors (Lipinski definition) is 2. The minimum absolute atomic E-state index is 0.294. The molecule has 7 heteroatoms. The van der Waals surface area contributed by atoms with E-state index in [1.165, 1.54) is 6.07 Å². The molecule has 0 fully saturated rings. The normalized spacial score (nSPS) is 10.6. The predicted molar refractivity (Wildman–Crippen MR) is 59.9 cm³/mol. The number of aromatic nitrogens is 1. The number of halogens is 5. The van der Waals surface area contributed by atoms with E-state index in [1.54, 1.807) is 18.2 Å². The minimum Gasteiger partial charge on any atom is -0.483 e. The molecule has 0 radical (unpaired) electrons. The van der Waals surface area contributed by atoms with Crippen molar-refractivity contribution in [3.63, 3.8) is 0 Å². The van der Waals surface area contributed by atoms with Gasteiger partial charge in [-0.05, 0) is 17.7 Å². The maximum absolute atomic E-state index is 13.2. The Morgan fingerprint density at radius 2 is 1.68 bits per heavy atom. The molecule has 0 N–H and O–H groups in total. The second-order valence-corrected chi connectivity index (χ2v) is 4.01. The fourth-order valence-corrected chi connectivity index (χ4v) is 1.59. The second-order valence-electron chi connectivity index (χ2n) is 3.57. The highest BCUT2D eigenvalue weighted by Crippen LogP contribution is 2.25. The molecule has 0 saturated carbocycles. The Morgan fingerprint density at radius 3 is 2.26 bits per heavy atom. The van der Waals surface area contributed by atoms with E-state index < -0.39 is 29.3 Å². The zero-order valence-corrected chi connectivity index (χ0v) is 10.0. The molecule has 0 amide bonds. The first-order valence-electron chi connectivity index (χ1n) is 5.06. The number of hydrogen-bond donors (Lipinski definition) is 0. The van der Waals surface area contributed by atoms with Gasteiger partial charge < -0.3 is 4.74 Å². The summed E-state index contributed by atoms with van der Waals surface area (Å²) in [6.45, 7) is -0.294. The lowest BCUT2D eigenvalue weighted by Gasteiger charge is -2.09. The zero-order chi connectivity index (χ0) is 14.0. The van der Waals surface area contributed by atoms with Gasteiger partial charge in [-0.2, -0.15) is 22.5 Å². The average Bonchev–Trinajstić information content (AvgIpc) is 2.36. The van der Waals surface area contributed by atoms with Crippen LogP contribution in [-0.2, 0) is 6.61 Å². The molecule has 0 aliphatic heterocycles. The van der Waals surface area contributed by atoms with Gasteiger partial charge in [-0.25, -0.2) is 0 Å². The molecule has 0 spiro atoms. The topological polar surface area (TPSA) is 22.1 Å². The van der Waals surface area contributed by atoms with Crippen LogP contribution < -0.4 is 4.74 Å². The Kier molecular flexibility index (Phi) is 3.90. The summed E-state index contributed by atoms with van der Waals surface area (Å²) in [6, 6.07) is 6.26. The Bertz CT molecular complexity index is 595. The van der Waals surface area contributed by atoms with E-state index in [9.17, 15) is 17.6 Å². The third-order valence-electron chi connectivity index (χ3n) is 2.23. The third kappa shape index (κ3) is 2.96. The van der Waals surface area contributed by atoms with Crippen LogP contribution in [0, 0.1) is 23.5 Å². The van der Waals surface area contributed by atoms with Crippen molar-refractivity contribution >= 4 is 11.6 Å². The minimum atomic E-state index is -1.76. The Morgan fingerprint density at radius 1 is 1.05 bits per heavy atom. The summed E-state index contributed by atoms with van der Waals surface area (Å²) in [4.78, 5) is 2.42. The molecule has 0 saturated heterocycles. The molecule has 1 aromatic carbocycles. The fourth-order valence-electron chi connectivity index (χ4n) is 1.38. The van der Waals surface area contributed by atoms with E-state index in [1.807, 2.05) is 0 Å². The number of benzene rings is 1. The summed E-state index contributed by atoms with van der Waals surface area (Å²) in [5.41, 5.74) is 0.490. The molecule has 0 aliphatic carbocycles. The molecule has 19 heavy (non-hydrogen) atoms. The zero-order valence-electron chi connectivity index (χ0n) is 9.26. The van der Waals surface area contributed by atoms with Crippen molar-refractivity contribution in [2.75, 3.05) is 0 Å². The van der Waals surface area contributed by atoms with Crippen LogP contribution in [0.4, 0.5) is 17.6 Å². The molecule has 0 unspecified atom stereocenters. The lowest BCUT2D eigenvalue weighted by Crippen LogP contribution is -2.06. The smallest absolute Gasteiger partial charge is 0.255 e. The van der Waals surface area contributed by atoms with E-state index in [-0.39, 0.29) is 6.61 Å². The van der Waals surface area contributed by atoms with Gasteiger partial charge in [0.1, 0.15) is 6.61 Å². The number of ether oxygens (including phenoxy) is 1. The summed E-state index contributed by atoms with van der Waals surface area (Å²) in [5, 5.41) is 0.397. The molecule has 2 rings (SSSR count). The van der Waals surface area contributed by atoms with Crippen molar-refractivity contribution < 1.29 is 22.3 Å². The quantitative estimate of drug-likeness (QED) is 0.632. The third-order valence-corrected chi connectivity index (χ3v) is 2.46. The first-order valence-corrected chi connectivity index (χ1v) is 5.44. The van der Waals surface area contributed by atoms with Crippen molar-refractivity contribution in [1.82, 2.24) is 4.98 Å². The van der Waals surface area contributed by atoms with Gasteiger partial charge >= 0.3 is 0 Å². The average molecular weight is 292 g/mol. The van der Waals surface area contributed by atoms with Gasteiger partial charge in [-0.1, -0.05) is 23.7 Å². The molecule has 0 bridgehead atoms. The number of rotatable bonds is 3. The van der Waals surface area contributed by atoms with Crippen LogP contribution in [0.2, 0.25) is 5.02 Å². The molecule has 100 valence electrons. The summed E-state index contributed by atoms with van der Waals surface area (Å²) in [6.07, 6.45) is 0. The van der Waals surface area contributed by atoms with Crippen molar-refractivity contribution in [1.29, 1.82) is 0 Å². The molecular formula is C12H6ClF4NO. The highest BCUT2D eigenvalue weighted by atomic mass is 35.5. The van der Waals surface area contributed by atoms with Crippen LogP contribution in [0.1, 0.15) is 5.56 Å². The van der Waals surface area contributed by atoms with Crippen LogP contribution in [0.3, 0.4) is 0 Å². The Labute approximate surface area is 110 Å². The summed E-state index contributed by atoms with van der Waals surface area (Å²) < 4.78 is 56.8. The monoisotopic (exact) mass is 291 g/mol. The van der Waals surface area contributed by atoms with E-state index in [4.69, 9.17) is 16.3 Å². The SMILES string of the molecule is Fc1nc(F)c(F)c(OCc2cccc(Cl)c2)c1F. The molecule has 2 nitrogen and oxygen atoms in total. The van der Waals surface area contributed by atoms with E-state index in [0.717, 1.165) is 0 Å². The summed E-state index contributed by atoms with van der Waals surface area (Å²) >= 11 is 5.71. The summed E-state index contributed by atoms with van der Waals surface area (Å²) in [5.74, 6) is -8.04. The van der Waals surface area contributed by atoms with E-state index >= 15 is 0 Å². The lowest BCUT2D eigenvalue weighted by molar-refractivity contribution is 0.255. The highest BCUT2D eigenvalue weighted by molar-refractivity contribution is 6.30. The van der Waals surface area contributed by atoms with Gasteiger partial charge in [0.2, 0.25) is 17.4 Å². The van der Waals surface area contributed by atoms with Crippen molar-refractivity contribution in [2.45, 2.75) is 6.61 Å². The maximum atomic E-state index is 13.2. The van der Waals surface area contributed by atoms with Crippen molar-refractivity contribution in [3.05, 3.63) is 58.4 Å². The summed E-state index contributed by atoms with van der Waals surface area (Å²) in [7, 11) is 0.